The minimum Gasteiger partial charge on any atom is -0.485 e. The van der Waals surface area contributed by atoms with E-state index in [-0.39, 0.29) is 6.61 Å². The van der Waals surface area contributed by atoms with Crippen molar-refractivity contribution in [3.05, 3.63) is 64.6 Å². The molecule has 3 rings (SSSR count). The summed E-state index contributed by atoms with van der Waals surface area (Å²) in [6, 6.07) is 11.4. The van der Waals surface area contributed by atoms with Gasteiger partial charge < -0.3 is 9.47 Å². The predicted molar refractivity (Wildman–Crippen MR) is 94.2 cm³/mol. The number of pyridine rings is 1. The Hall–Kier alpha value is -2.48. The zero-order valence-corrected chi connectivity index (χ0v) is 14.1. The lowest BCUT2D eigenvalue weighted by Gasteiger charge is -2.08. The van der Waals surface area contributed by atoms with Crippen molar-refractivity contribution in [2.24, 2.45) is 0 Å². The number of aryl methyl sites for hydroxylation is 1. The molecule has 0 aliphatic carbocycles. The molecule has 5 heteroatoms. The third kappa shape index (κ3) is 3.53. The highest BCUT2D eigenvalue weighted by molar-refractivity contribution is 6.30. The summed E-state index contributed by atoms with van der Waals surface area (Å²) in [6.45, 7) is 3.09. The summed E-state index contributed by atoms with van der Waals surface area (Å²) in [4.78, 5) is 4.60. The largest absolute Gasteiger partial charge is 0.485 e. The number of terminal acetylenes is 1. The van der Waals surface area contributed by atoms with E-state index in [1.54, 1.807) is 0 Å². The number of benzene rings is 1. The number of imidazole rings is 1. The smallest absolute Gasteiger partial charge is 0.180 e. The van der Waals surface area contributed by atoms with E-state index in [1.165, 1.54) is 0 Å². The highest BCUT2D eigenvalue weighted by atomic mass is 35.5. The molecule has 0 N–H and O–H groups in total. The van der Waals surface area contributed by atoms with Gasteiger partial charge in [-0.2, -0.15) is 0 Å². The molecule has 0 spiro atoms. The first-order valence-corrected chi connectivity index (χ1v) is 7.92. The van der Waals surface area contributed by atoms with Gasteiger partial charge in [0.2, 0.25) is 0 Å². The summed E-state index contributed by atoms with van der Waals surface area (Å²) in [5.74, 6) is 3.19. The van der Waals surface area contributed by atoms with Crippen LogP contribution >= 0.6 is 11.6 Å². The van der Waals surface area contributed by atoms with Gasteiger partial charge in [-0.15, -0.1) is 6.42 Å². The third-order valence-corrected chi connectivity index (χ3v) is 3.90. The van der Waals surface area contributed by atoms with E-state index in [9.17, 15) is 0 Å². The van der Waals surface area contributed by atoms with Crippen molar-refractivity contribution in [2.45, 2.75) is 20.1 Å². The highest BCUT2D eigenvalue weighted by Gasteiger charge is 2.12. The second-order valence-electron chi connectivity index (χ2n) is 5.32. The van der Waals surface area contributed by atoms with Gasteiger partial charge in [-0.3, -0.25) is 4.40 Å². The van der Waals surface area contributed by atoms with Gasteiger partial charge >= 0.3 is 0 Å². The number of ether oxygens (including phenoxy) is 2. The van der Waals surface area contributed by atoms with Crippen molar-refractivity contribution >= 4 is 17.2 Å². The monoisotopic (exact) mass is 340 g/mol. The van der Waals surface area contributed by atoms with E-state index < -0.39 is 0 Å². The minimum atomic E-state index is 0.277. The van der Waals surface area contributed by atoms with Gasteiger partial charge in [-0.25, -0.2) is 4.98 Å². The van der Waals surface area contributed by atoms with Crippen LogP contribution in [-0.4, -0.2) is 16.0 Å². The molecule has 0 saturated carbocycles. The van der Waals surface area contributed by atoms with Crippen LogP contribution in [-0.2, 0) is 18.0 Å². The third-order valence-electron chi connectivity index (χ3n) is 3.65. The molecule has 0 bridgehead atoms. The zero-order valence-electron chi connectivity index (χ0n) is 13.3. The van der Waals surface area contributed by atoms with Crippen LogP contribution in [0.5, 0.6) is 5.75 Å². The van der Waals surface area contributed by atoms with Gasteiger partial charge in [0, 0.05) is 11.2 Å². The molecule has 0 saturated heterocycles. The Morgan fingerprint density at radius 1 is 1.21 bits per heavy atom. The summed E-state index contributed by atoms with van der Waals surface area (Å²) in [7, 11) is 0. The molecule has 24 heavy (non-hydrogen) atoms. The van der Waals surface area contributed by atoms with E-state index >= 15 is 0 Å². The van der Waals surface area contributed by atoms with E-state index in [0.29, 0.717) is 18.2 Å². The maximum atomic E-state index is 5.94. The summed E-state index contributed by atoms with van der Waals surface area (Å²) in [5, 5.41) is 0.710. The molecular weight excluding hydrogens is 324 g/mol. The molecule has 1 aromatic carbocycles. The number of rotatable bonds is 6. The quantitative estimate of drug-likeness (QED) is 0.502. The Morgan fingerprint density at radius 2 is 2.00 bits per heavy atom. The lowest BCUT2D eigenvalue weighted by molar-refractivity contribution is 0.149. The molecule has 2 aromatic heterocycles. The number of aromatic nitrogens is 2. The fraction of sp³-hybridized carbons (Fsp3) is 0.211. The fourth-order valence-corrected chi connectivity index (χ4v) is 2.57. The van der Waals surface area contributed by atoms with E-state index in [1.807, 2.05) is 53.9 Å². The van der Waals surface area contributed by atoms with Gasteiger partial charge in [0.15, 0.2) is 11.4 Å². The van der Waals surface area contributed by atoms with Crippen molar-refractivity contribution in [3.8, 4) is 18.1 Å². The SMILES string of the molecule is C#CCOCc1c(C)nc2c(OCc3ccc(Cl)cc3)cccn12. The van der Waals surface area contributed by atoms with E-state index in [4.69, 9.17) is 27.5 Å². The van der Waals surface area contributed by atoms with Crippen LogP contribution in [0.2, 0.25) is 5.02 Å². The van der Waals surface area contributed by atoms with Gasteiger partial charge in [-0.05, 0) is 36.8 Å². The van der Waals surface area contributed by atoms with Crippen LogP contribution in [0.1, 0.15) is 17.0 Å². The van der Waals surface area contributed by atoms with Crippen LogP contribution in [0, 0.1) is 19.3 Å². The Kier molecular flexibility index (Phi) is 5.05. The van der Waals surface area contributed by atoms with E-state index in [0.717, 1.165) is 28.3 Å². The van der Waals surface area contributed by atoms with Gasteiger partial charge in [0.05, 0.1) is 18.0 Å². The molecule has 3 aromatic rings. The maximum Gasteiger partial charge on any atom is 0.180 e. The Balaban J connectivity index is 1.82. The number of hydrogen-bond acceptors (Lipinski definition) is 3. The van der Waals surface area contributed by atoms with Crippen molar-refractivity contribution in [1.82, 2.24) is 9.38 Å². The first-order chi connectivity index (χ1) is 11.7. The minimum absolute atomic E-state index is 0.277. The van der Waals surface area contributed by atoms with Crippen molar-refractivity contribution in [3.63, 3.8) is 0 Å². The molecule has 2 heterocycles. The Morgan fingerprint density at radius 3 is 2.75 bits per heavy atom. The molecule has 122 valence electrons. The summed E-state index contributed by atoms with van der Waals surface area (Å²) >= 11 is 5.90. The normalized spacial score (nSPS) is 10.7. The molecule has 0 atom stereocenters. The molecule has 0 aliphatic rings. The molecule has 4 nitrogen and oxygen atoms in total. The zero-order chi connectivity index (χ0) is 16.9. The second-order valence-corrected chi connectivity index (χ2v) is 5.76. The summed E-state index contributed by atoms with van der Waals surface area (Å²) in [6.07, 6.45) is 7.16. The Labute approximate surface area is 146 Å². The van der Waals surface area contributed by atoms with Crippen LogP contribution in [0.3, 0.4) is 0 Å². The number of halogens is 1. The van der Waals surface area contributed by atoms with E-state index in [2.05, 4.69) is 10.9 Å². The van der Waals surface area contributed by atoms with Crippen molar-refractivity contribution < 1.29 is 9.47 Å². The van der Waals surface area contributed by atoms with Crippen LogP contribution in [0.25, 0.3) is 5.65 Å². The van der Waals surface area contributed by atoms with Gasteiger partial charge in [0.25, 0.3) is 0 Å². The average Bonchev–Trinajstić information content (AvgIpc) is 2.91. The van der Waals surface area contributed by atoms with Crippen molar-refractivity contribution in [2.75, 3.05) is 6.61 Å². The first kappa shape index (κ1) is 16.4. The topological polar surface area (TPSA) is 35.8 Å². The van der Waals surface area contributed by atoms with Crippen LogP contribution in [0.4, 0.5) is 0 Å². The summed E-state index contributed by atoms with van der Waals surface area (Å²) in [5.41, 5.74) is 3.68. The standard InChI is InChI=1S/C19H17ClN2O2/c1-3-11-23-13-17-14(2)21-19-18(5-4-10-22(17)19)24-12-15-6-8-16(20)9-7-15/h1,4-10H,11-13H2,2H3. The number of hydrogen-bond donors (Lipinski definition) is 0. The first-order valence-electron chi connectivity index (χ1n) is 7.54. The lowest BCUT2D eigenvalue weighted by Crippen LogP contribution is -2.01. The molecule has 0 fully saturated rings. The molecule has 0 radical (unpaired) electrons. The molecular formula is C19H17ClN2O2. The van der Waals surface area contributed by atoms with Gasteiger partial charge in [-0.1, -0.05) is 29.7 Å². The lowest BCUT2D eigenvalue weighted by atomic mass is 10.2. The Bertz CT molecular complexity index is 879. The molecule has 0 unspecified atom stereocenters. The second kappa shape index (κ2) is 7.39. The number of fused-ring (bicyclic) bond motifs is 1. The average molecular weight is 341 g/mol. The highest BCUT2D eigenvalue weighted by Crippen LogP contribution is 2.23. The van der Waals surface area contributed by atoms with Crippen LogP contribution in [0.15, 0.2) is 42.6 Å². The molecule has 0 amide bonds. The fourth-order valence-electron chi connectivity index (χ4n) is 2.44. The van der Waals surface area contributed by atoms with Gasteiger partial charge in [0.1, 0.15) is 13.2 Å². The van der Waals surface area contributed by atoms with Crippen molar-refractivity contribution in [1.29, 1.82) is 0 Å². The summed E-state index contributed by atoms with van der Waals surface area (Å²) < 4.78 is 13.4. The number of nitrogens with zero attached hydrogens (tertiary/aromatic N) is 2. The predicted octanol–water partition coefficient (Wildman–Crippen LogP) is 4.02. The van der Waals surface area contributed by atoms with Crippen LogP contribution < -0.4 is 4.74 Å². The maximum absolute atomic E-state index is 5.94. The molecule has 0 aliphatic heterocycles.